The Morgan fingerprint density at radius 1 is 1.05 bits per heavy atom. The van der Waals surface area contributed by atoms with Crippen molar-refractivity contribution in [2.45, 2.75) is 57.2 Å². The van der Waals surface area contributed by atoms with Crippen molar-refractivity contribution in [3.8, 4) is 0 Å². The Morgan fingerprint density at radius 3 is 2.46 bits per heavy atom. The standard InChI is InChI=1S/C27H35N5O5/c1-20-15-23(33)31(19-28-20)18-27(37)11-12-30(17-26(27)9-5-6-10-26)24(34)32-14-13-29(25(35)36)16-22(32)21-7-3-2-4-8-21/h2-4,7-8,15,19,22,37H,5-6,9-14,16-18H2,1H3,(H,35,36). The van der Waals surface area contributed by atoms with Crippen LogP contribution in [-0.2, 0) is 6.54 Å². The third-order valence-electron chi connectivity index (χ3n) is 8.64. The molecule has 2 saturated heterocycles. The zero-order valence-electron chi connectivity index (χ0n) is 21.3. The van der Waals surface area contributed by atoms with E-state index in [0.29, 0.717) is 31.7 Å². The van der Waals surface area contributed by atoms with Crippen molar-refractivity contribution in [2.24, 2.45) is 5.41 Å². The number of urea groups is 1. The Hall–Kier alpha value is -3.40. The summed E-state index contributed by atoms with van der Waals surface area (Å²) >= 11 is 0. The number of piperazine rings is 1. The molecule has 2 aromatic rings. The minimum absolute atomic E-state index is 0.124. The summed E-state index contributed by atoms with van der Waals surface area (Å²) in [6.07, 6.45) is 4.39. The van der Waals surface area contributed by atoms with Crippen LogP contribution in [-0.4, -0.2) is 84.9 Å². The van der Waals surface area contributed by atoms with E-state index in [1.54, 1.807) is 11.8 Å². The first-order valence-electron chi connectivity index (χ1n) is 13.1. The molecule has 0 radical (unpaired) electrons. The van der Waals surface area contributed by atoms with E-state index >= 15 is 0 Å². The largest absolute Gasteiger partial charge is 0.465 e. The predicted octanol–water partition coefficient (Wildman–Crippen LogP) is 2.71. The average Bonchev–Trinajstić information content (AvgIpc) is 3.37. The van der Waals surface area contributed by atoms with Crippen molar-refractivity contribution in [3.05, 3.63) is 64.3 Å². The van der Waals surface area contributed by atoms with Crippen LogP contribution in [0.15, 0.2) is 47.5 Å². The van der Waals surface area contributed by atoms with E-state index < -0.39 is 17.1 Å². The fraction of sp³-hybridized carbons (Fsp3) is 0.556. The number of carboxylic acid groups (broad SMARTS) is 1. The number of aromatic nitrogens is 2. The first-order chi connectivity index (χ1) is 17.7. The van der Waals surface area contributed by atoms with Gasteiger partial charge in [0.1, 0.15) is 0 Å². The molecule has 3 amide bonds. The van der Waals surface area contributed by atoms with Gasteiger partial charge in [0, 0.05) is 49.9 Å². The quantitative estimate of drug-likeness (QED) is 0.657. The van der Waals surface area contributed by atoms with Gasteiger partial charge >= 0.3 is 12.1 Å². The summed E-state index contributed by atoms with van der Waals surface area (Å²) in [5, 5.41) is 21.6. The van der Waals surface area contributed by atoms with Gasteiger partial charge in [-0.05, 0) is 31.7 Å². The van der Waals surface area contributed by atoms with E-state index in [2.05, 4.69) is 4.98 Å². The van der Waals surface area contributed by atoms with Crippen LogP contribution in [0.3, 0.4) is 0 Å². The zero-order valence-corrected chi connectivity index (χ0v) is 21.3. The van der Waals surface area contributed by atoms with Crippen LogP contribution < -0.4 is 5.56 Å². The van der Waals surface area contributed by atoms with Crippen LogP contribution in [0.5, 0.6) is 0 Å². The second kappa shape index (κ2) is 9.81. The van der Waals surface area contributed by atoms with Crippen LogP contribution in [0.2, 0.25) is 0 Å². The van der Waals surface area contributed by atoms with Crippen LogP contribution in [0.25, 0.3) is 0 Å². The molecule has 2 atom stereocenters. The van der Waals surface area contributed by atoms with Crippen LogP contribution in [0.1, 0.15) is 49.4 Å². The molecule has 37 heavy (non-hydrogen) atoms. The fourth-order valence-corrected chi connectivity index (χ4v) is 6.51. The highest BCUT2D eigenvalue weighted by Gasteiger charge is 2.56. The third kappa shape index (κ3) is 4.70. The maximum absolute atomic E-state index is 14.0. The number of benzene rings is 1. The number of aliphatic hydroxyl groups is 1. The molecule has 10 heteroatoms. The van der Waals surface area contributed by atoms with Crippen molar-refractivity contribution >= 4 is 12.1 Å². The van der Waals surface area contributed by atoms with Crippen molar-refractivity contribution in [1.29, 1.82) is 0 Å². The number of piperidine rings is 1. The highest BCUT2D eigenvalue weighted by Crippen LogP contribution is 2.51. The van der Waals surface area contributed by atoms with E-state index in [1.165, 1.54) is 21.9 Å². The molecule has 1 aromatic heterocycles. The van der Waals surface area contributed by atoms with Gasteiger partial charge in [-0.15, -0.1) is 0 Å². The lowest BCUT2D eigenvalue weighted by molar-refractivity contribution is -0.137. The number of carbonyl (C=O) groups is 2. The number of aryl methyl sites for hydroxylation is 1. The summed E-state index contributed by atoms with van der Waals surface area (Å²) in [5.41, 5.74) is -0.273. The first-order valence-corrected chi connectivity index (χ1v) is 13.1. The summed E-state index contributed by atoms with van der Waals surface area (Å²) in [5.74, 6) is 0. The third-order valence-corrected chi connectivity index (χ3v) is 8.64. The molecule has 2 aliphatic heterocycles. The van der Waals surface area contributed by atoms with Crippen LogP contribution in [0.4, 0.5) is 9.59 Å². The molecular weight excluding hydrogens is 474 g/mol. The molecule has 10 nitrogen and oxygen atoms in total. The summed E-state index contributed by atoms with van der Waals surface area (Å²) < 4.78 is 1.49. The summed E-state index contributed by atoms with van der Waals surface area (Å²) in [7, 11) is 0. The molecule has 1 saturated carbocycles. The molecule has 0 bridgehead atoms. The van der Waals surface area contributed by atoms with Gasteiger partial charge in [-0.3, -0.25) is 9.36 Å². The lowest BCUT2D eigenvalue weighted by atomic mass is 9.66. The van der Waals surface area contributed by atoms with E-state index in [1.807, 2.05) is 35.2 Å². The minimum Gasteiger partial charge on any atom is -0.465 e. The number of likely N-dealkylation sites (tertiary alicyclic amines) is 1. The zero-order chi connectivity index (χ0) is 26.2. The fourth-order valence-electron chi connectivity index (χ4n) is 6.51. The van der Waals surface area contributed by atoms with Crippen molar-refractivity contribution in [3.63, 3.8) is 0 Å². The highest BCUT2D eigenvalue weighted by molar-refractivity contribution is 5.76. The number of nitrogens with zero attached hydrogens (tertiary/aromatic N) is 5. The number of hydrogen-bond acceptors (Lipinski definition) is 5. The van der Waals surface area contributed by atoms with Gasteiger partial charge in [0.15, 0.2) is 0 Å². The maximum atomic E-state index is 14.0. The molecule has 2 N–H and O–H groups in total. The van der Waals surface area contributed by atoms with Gasteiger partial charge in [-0.1, -0.05) is 43.2 Å². The Labute approximate surface area is 216 Å². The van der Waals surface area contributed by atoms with Gasteiger partial charge in [0.05, 0.1) is 24.5 Å². The molecule has 3 aliphatic rings. The smallest absolute Gasteiger partial charge is 0.407 e. The van der Waals surface area contributed by atoms with Crippen LogP contribution >= 0.6 is 0 Å². The second-order valence-electron chi connectivity index (χ2n) is 10.8. The summed E-state index contributed by atoms with van der Waals surface area (Å²) in [6, 6.07) is 10.5. The molecule has 3 heterocycles. The molecule has 198 valence electrons. The van der Waals surface area contributed by atoms with Gasteiger partial charge in [-0.2, -0.15) is 0 Å². The molecule has 2 unspecified atom stereocenters. The first kappa shape index (κ1) is 25.3. The van der Waals surface area contributed by atoms with Gasteiger partial charge in [0.2, 0.25) is 0 Å². The summed E-state index contributed by atoms with van der Waals surface area (Å²) in [6.45, 7) is 3.49. The Kier molecular flexibility index (Phi) is 6.70. The molecule has 3 fully saturated rings. The van der Waals surface area contributed by atoms with E-state index in [9.17, 15) is 24.6 Å². The normalized spacial score (nSPS) is 25.5. The number of hydrogen-bond donors (Lipinski definition) is 2. The topological polar surface area (TPSA) is 119 Å². The maximum Gasteiger partial charge on any atom is 0.407 e. The highest BCUT2D eigenvalue weighted by atomic mass is 16.4. The van der Waals surface area contributed by atoms with Crippen molar-refractivity contribution < 1.29 is 19.8 Å². The monoisotopic (exact) mass is 509 g/mol. The van der Waals surface area contributed by atoms with E-state index in [-0.39, 0.29) is 37.3 Å². The SMILES string of the molecule is Cc1cc(=O)n(CC2(O)CCN(C(=O)N3CCN(C(=O)O)CC3c3ccccc3)CC23CCCC3)cn1. The predicted molar refractivity (Wildman–Crippen MR) is 136 cm³/mol. The molecule has 1 aromatic carbocycles. The van der Waals surface area contributed by atoms with E-state index in [0.717, 1.165) is 31.2 Å². The molecule has 1 aliphatic carbocycles. The van der Waals surface area contributed by atoms with Gasteiger partial charge in [0.25, 0.3) is 5.56 Å². The second-order valence-corrected chi connectivity index (χ2v) is 10.8. The number of rotatable bonds is 3. The molecule has 5 rings (SSSR count). The molecule has 1 spiro atoms. The number of amides is 3. The van der Waals surface area contributed by atoms with Gasteiger partial charge in [-0.25, -0.2) is 14.6 Å². The Morgan fingerprint density at radius 2 is 1.78 bits per heavy atom. The van der Waals surface area contributed by atoms with Crippen molar-refractivity contribution in [2.75, 3.05) is 32.7 Å². The van der Waals surface area contributed by atoms with Gasteiger partial charge < -0.3 is 24.9 Å². The number of carbonyl (C=O) groups excluding carboxylic acids is 1. The molecular formula is C27H35N5O5. The Balaban J connectivity index is 1.39. The van der Waals surface area contributed by atoms with Crippen molar-refractivity contribution in [1.82, 2.24) is 24.3 Å². The lowest BCUT2D eigenvalue weighted by Gasteiger charge is -2.53. The Bertz CT molecular complexity index is 1210. The minimum atomic E-state index is -1.12. The lowest BCUT2D eigenvalue weighted by Crippen LogP contribution is -2.64. The van der Waals surface area contributed by atoms with E-state index in [4.69, 9.17) is 0 Å². The van der Waals surface area contributed by atoms with Crippen LogP contribution in [0, 0.1) is 12.3 Å². The average molecular weight is 510 g/mol. The summed E-state index contributed by atoms with van der Waals surface area (Å²) in [4.78, 5) is 47.5.